The van der Waals surface area contributed by atoms with Gasteiger partial charge in [0, 0.05) is 15.6 Å². The number of anilines is 1. The van der Waals surface area contributed by atoms with Crippen molar-refractivity contribution in [1.29, 1.82) is 0 Å². The van der Waals surface area contributed by atoms with Crippen LogP contribution in [0.2, 0.25) is 10.0 Å². The molecule has 1 aromatic heterocycles. The van der Waals surface area contributed by atoms with Crippen LogP contribution in [-0.2, 0) is 0 Å². The largest absolute Gasteiger partial charge is 0.493 e. The molecular weight excluding hydrogens is 259 g/mol. The summed E-state index contributed by atoms with van der Waals surface area (Å²) in [5.41, 5.74) is 7.26. The molecule has 1 heterocycles. The van der Waals surface area contributed by atoms with Crippen LogP contribution >= 0.6 is 23.2 Å². The number of pyridine rings is 1. The standard InChI is InChI=1S/C12H10Cl2N2O/c1-17-11-3-2-10(16-12(11)15)7-4-8(13)6-9(14)5-7/h2-6H,1H3,(H2,15,16). The van der Waals surface area contributed by atoms with Crippen LogP contribution in [0, 0.1) is 0 Å². The normalized spacial score (nSPS) is 10.3. The first-order valence-electron chi connectivity index (χ1n) is 4.87. The van der Waals surface area contributed by atoms with Crippen LogP contribution in [-0.4, -0.2) is 12.1 Å². The van der Waals surface area contributed by atoms with Crippen LogP contribution in [0.25, 0.3) is 11.3 Å². The van der Waals surface area contributed by atoms with Crippen LogP contribution < -0.4 is 10.5 Å². The Morgan fingerprint density at radius 3 is 2.29 bits per heavy atom. The number of nitrogens with two attached hydrogens (primary N) is 1. The number of benzene rings is 1. The second kappa shape index (κ2) is 4.82. The van der Waals surface area contributed by atoms with Crippen molar-refractivity contribution in [2.45, 2.75) is 0 Å². The summed E-state index contributed by atoms with van der Waals surface area (Å²) in [5.74, 6) is 0.878. The minimum absolute atomic E-state index is 0.334. The Labute approximate surface area is 109 Å². The van der Waals surface area contributed by atoms with Crippen molar-refractivity contribution in [3.05, 3.63) is 40.4 Å². The Hall–Kier alpha value is -1.45. The van der Waals surface area contributed by atoms with E-state index in [2.05, 4.69) is 4.98 Å². The van der Waals surface area contributed by atoms with Gasteiger partial charge in [0.05, 0.1) is 12.8 Å². The molecule has 2 rings (SSSR count). The van der Waals surface area contributed by atoms with Crippen molar-refractivity contribution < 1.29 is 4.74 Å². The maximum absolute atomic E-state index is 5.93. The van der Waals surface area contributed by atoms with Gasteiger partial charge in [0.15, 0.2) is 11.6 Å². The SMILES string of the molecule is COc1ccc(-c2cc(Cl)cc(Cl)c2)nc1N. The number of ether oxygens (including phenoxy) is 1. The van der Waals surface area contributed by atoms with E-state index < -0.39 is 0 Å². The Morgan fingerprint density at radius 1 is 1.12 bits per heavy atom. The van der Waals surface area contributed by atoms with Gasteiger partial charge < -0.3 is 10.5 Å². The van der Waals surface area contributed by atoms with Crippen molar-refractivity contribution in [3.8, 4) is 17.0 Å². The van der Waals surface area contributed by atoms with Gasteiger partial charge in [0.1, 0.15) is 0 Å². The van der Waals surface area contributed by atoms with Gasteiger partial charge in [-0.25, -0.2) is 4.98 Å². The molecule has 0 aliphatic rings. The van der Waals surface area contributed by atoms with Crippen LogP contribution in [0.5, 0.6) is 5.75 Å². The number of aromatic nitrogens is 1. The molecule has 88 valence electrons. The zero-order valence-corrected chi connectivity index (χ0v) is 10.6. The lowest BCUT2D eigenvalue weighted by atomic mass is 10.1. The van der Waals surface area contributed by atoms with Crippen LogP contribution in [0.3, 0.4) is 0 Å². The van der Waals surface area contributed by atoms with Gasteiger partial charge in [-0.2, -0.15) is 0 Å². The average Bonchev–Trinajstić information content (AvgIpc) is 2.27. The Kier molecular flexibility index (Phi) is 3.41. The first-order valence-corrected chi connectivity index (χ1v) is 5.62. The highest BCUT2D eigenvalue weighted by atomic mass is 35.5. The number of hydrogen-bond acceptors (Lipinski definition) is 3. The summed E-state index contributed by atoms with van der Waals surface area (Å²) in [6, 6.07) is 8.78. The molecule has 5 heteroatoms. The third-order valence-corrected chi connectivity index (χ3v) is 2.70. The van der Waals surface area contributed by atoms with E-state index in [-0.39, 0.29) is 0 Å². The van der Waals surface area contributed by atoms with Crippen molar-refractivity contribution in [2.75, 3.05) is 12.8 Å². The van der Waals surface area contributed by atoms with Gasteiger partial charge in [-0.3, -0.25) is 0 Å². The minimum atomic E-state index is 0.334. The lowest BCUT2D eigenvalue weighted by molar-refractivity contribution is 0.415. The Morgan fingerprint density at radius 2 is 1.76 bits per heavy atom. The predicted molar refractivity (Wildman–Crippen MR) is 70.7 cm³/mol. The highest BCUT2D eigenvalue weighted by Crippen LogP contribution is 2.28. The Bertz CT molecular complexity index is 538. The van der Waals surface area contributed by atoms with E-state index >= 15 is 0 Å². The molecule has 0 spiro atoms. The molecule has 0 aliphatic carbocycles. The van der Waals surface area contributed by atoms with Crippen LogP contribution in [0.1, 0.15) is 0 Å². The summed E-state index contributed by atoms with van der Waals surface area (Å²) >= 11 is 11.9. The van der Waals surface area contributed by atoms with Crippen molar-refractivity contribution in [3.63, 3.8) is 0 Å². The lowest BCUT2D eigenvalue weighted by Crippen LogP contribution is -1.96. The molecule has 0 saturated carbocycles. The third kappa shape index (κ3) is 2.62. The highest BCUT2D eigenvalue weighted by Gasteiger charge is 2.06. The fourth-order valence-electron chi connectivity index (χ4n) is 1.50. The number of nitrogen functional groups attached to an aromatic ring is 1. The second-order valence-electron chi connectivity index (χ2n) is 3.44. The summed E-state index contributed by atoms with van der Waals surface area (Å²) in [6.07, 6.45) is 0. The Balaban J connectivity index is 2.49. The topological polar surface area (TPSA) is 48.1 Å². The van der Waals surface area contributed by atoms with E-state index in [1.165, 1.54) is 0 Å². The molecule has 0 bridgehead atoms. The molecule has 0 radical (unpaired) electrons. The minimum Gasteiger partial charge on any atom is -0.493 e. The van der Waals surface area contributed by atoms with Crippen molar-refractivity contribution in [1.82, 2.24) is 4.98 Å². The van der Waals surface area contributed by atoms with Crippen molar-refractivity contribution >= 4 is 29.0 Å². The average molecular weight is 269 g/mol. The number of methoxy groups -OCH3 is 1. The maximum atomic E-state index is 5.93. The zero-order chi connectivity index (χ0) is 12.4. The van der Waals surface area contributed by atoms with Crippen LogP contribution in [0.4, 0.5) is 5.82 Å². The second-order valence-corrected chi connectivity index (χ2v) is 4.31. The molecule has 2 aromatic rings. The first-order chi connectivity index (χ1) is 8.10. The summed E-state index contributed by atoms with van der Waals surface area (Å²) < 4.78 is 5.04. The fourth-order valence-corrected chi connectivity index (χ4v) is 2.02. The predicted octanol–water partition coefficient (Wildman–Crippen LogP) is 3.65. The van der Waals surface area contributed by atoms with E-state index in [9.17, 15) is 0 Å². The molecule has 0 fully saturated rings. The number of nitrogens with zero attached hydrogens (tertiary/aromatic N) is 1. The summed E-state index contributed by atoms with van der Waals surface area (Å²) in [6.45, 7) is 0. The summed E-state index contributed by atoms with van der Waals surface area (Å²) in [5, 5.41) is 1.12. The molecule has 0 unspecified atom stereocenters. The zero-order valence-electron chi connectivity index (χ0n) is 9.08. The van der Waals surface area contributed by atoms with Crippen LogP contribution in [0.15, 0.2) is 30.3 Å². The third-order valence-electron chi connectivity index (χ3n) is 2.26. The maximum Gasteiger partial charge on any atom is 0.166 e. The van der Waals surface area contributed by atoms with Gasteiger partial charge in [-0.05, 0) is 30.3 Å². The van der Waals surface area contributed by atoms with Gasteiger partial charge in [-0.1, -0.05) is 23.2 Å². The van der Waals surface area contributed by atoms with E-state index in [0.29, 0.717) is 27.3 Å². The number of rotatable bonds is 2. The summed E-state index contributed by atoms with van der Waals surface area (Å²) in [4.78, 5) is 4.23. The van der Waals surface area contributed by atoms with Gasteiger partial charge in [0.25, 0.3) is 0 Å². The number of hydrogen-bond donors (Lipinski definition) is 1. The van der Waals surface area contributed by atoms with E-state index in [1.807, 2.05) is 0 Å². The molecule has 0 atom stereocenters. The van der Waals surface area contributed by atoms with Gasteiger partial charge >= 0.3 is 0 Å². The molecule has 2 N–H and O–H groups in total. The first kappa shape index (κ1) is 12.0. The smallest absolute Gasteiger partial charge is 0.166 e. The number of halogens is 2. The molecule has 1 aromatic carbocycles. The highest BCUT2D eigenvalue weighted by molar-refractivity contribution is 6.35. The molecular formula is C12H10Cl2N2O. The van der Waals surface area contributed by atoms with E-state index in [0.717, 1.165) is 5.56 Å². The van der Waals surface area contributed by atoms with E-state index in [1.54, 1.807) is 37.4 Å². The van der Waals surface area contributed by atoms with Gasteiger partial charge in [-0.15, -0.1) is 0 Å². The van der Waals surface area contributed by atoms with E-state index in [4.69, 9.17) is 33.7 Å². The fraction of sp³-hybridized carbons (Fsp3) is 0.0833. The monoisotopic (exact) mass is 268 g/mol. The van der Waals surface area contributed by atoms with Crippen molar-refractivity contribution in [2.24, 2.45) is 0 Å². The summed E-state index contributed by atoms with van der Waals surface area (Å²) in [7, 11) is 1.54. The molecule has 3 nitrogen and oxygen atoms in total. The molecule has 0 saturated heterocycles. The molecule has 0 aliphatic heterocycles. The lowest BCUT2D eigenvalue weighted by Gasteiger charge is -2.07. The molecule has 0 amide bonds. The van der Waals surface area contributed by atoms with Gasteiger partial charge in [0.2, 0.25) is 0 Å². The molecule has 17 heavy (non-hydrogen) atoms. The quantitative estimate of drug-likeness (QED) is 0.905.